The highest BCUT2D eigenvalue weighted by molar-refractivity contribution is 6.42. The highest BCUT2D eigenvalue weighted by Gasteiger charge is 2.03. The van der Waals surface area contributed by atoms with Crippen molar-refractivity contribution in [2.24, 2.45) is 0 Å². The second-order valence-electron chi connectivity index (χ2n) is 2.84. The summed E-state index contributed by atoms with van der Waals surface area (Å²) in [7, 11) is 0. The summed E-state index contributed by atoms with van der Waals surface area (Å²) >= 11 is 17.4. The largest absolute Gasteiger partial charge is 0.226 e. The molecule has 0 radical (unpaired) electrons. The van der Waals surface area contributed by atoms with E-state index in [1.807, 2.05) is 6.07 Å². The van der Waals surface area contributed by atoms with Crippen molar-refractivity contribution in [1.29, 1.82) is 0 Å². The van der Waals surface area contributed by atoms with Crippen LogP contribution in [0.3, 0.4) is 0 Å². The lowest BCUT2D eigenvalue weighted by Gasteiger charge is -2.02. The van der Waals surface area contributed by atoms with Crippen molar-refractivity contribution < 1.29 is 0 Å². The van der Waals surface area contributed by atoms with Crippen molar-refractivity contribution in [3.63, 3.8) is 0 Å². The lowest BCUT2D eigenvalue weighted by atomic mass is 10.1. The zero-order chi connectivity index (χ0) is 10.8. The topological polar surface area (TPSA) is 25.8 Å². The minimum absolute atomic E-state index is 0.207. The van der Waals surface area contributed by atoms with Gasteiger partial charge in [-0.2, -0.15) is 0 Å². The van der Waals surface area contributed by atoms with Gasteiger partial charge in [0.15, 0.2) is 0 Å². The Kier molecular flexibility index (Phi) is 3.10. The van der Waals surface area contributed by atoms with Gasteiger partial charge < -0.3 is 0 Å². The quantitative estimate of drug-likeness (QED) is 0.721. The monoisotopic (exact) mass is 258 g/mol. The summed E-state index contributed by atoms with van der Waals surface area (Å²) in [6, 6.07) is 7.04. The Morgan fingerprint density at radius 3 is 2.40 bits per heavy atom. The fourth-order valence-electron chi connectivity index (χ4n) is 1.15. The molecule has 0 aliphatic carbocycles. The van der Waals surface area contributed by atoms with Crippen LogP contribution in [-0.2, 0) is 0 Å². The summed E-state index contributed by atoms with van der Waals surface area (Å²) in [5.41, 5.74) is 1.57. The number of benzene rings is 1. The van der Waals surface area contributed by atoms with Gasteiger partial charge in [0.2, 0.25) is 5.28 Å². The first-order valence-electron chi connectivity index (χ1n) is 4.11. The van der Waals surface area contributed by atoms with E-state index >= 15 is 0 Å². The van der Waals surface area contributed by atoms with E-state index in [0.717, 1.165) is 5.56 Å². The van der Waals surface area contributed by atoms with Crippen molar-refractivity contribution >= 4 is 34.8 Å². The van der Waals surface area contributed by atoms with E-state index in [-0.39, 0.29) is 5.28 Å². The number of hydrogen-bond acceptors (Lipinski definition) is 2. The fourth-order valence-corrected chi connectivity index (χ4v) is 1.60. The van der Waals surface area contributed by atoms with Gasteiger partial charge in [-0.25, -0.2) is 9.97 Å². The zero-order valence-corrected chi connectivity index (χ0v) is 9.68. The number of hydrogen-bond donors (Lipinski definition) is 0. The van der Waals surface area contributed by atoms with E-state index in [9.17, 15) is 0 Å². The predicted octanol–water partition coefficient (Wildman–Crippen LogP) is 4.10. The molecule has 76 valence electrons. The van der Waals surface area contributed by atoms with Crippen LogP contribution in [0.4, 0.5) is 0 Å². The van der Waals surface area contributed by atoms with Crippen LogP contribution in [0.25, 0.3) is 11.3 Å². The highest BCUT2D eigenvalue weighted by Crippen LogP contribution is 2.27. The lowest BCUT2D eigenvalue weighted by Crippen LogP contribution is -1.86. The number of nitrogens with zero attached hydrogens (tertiary/aromatic N) is 2. The molecule has 0 saturated heterocycles. The van der Waals surface area contributed by atoms with Crippen LogP contribution in [0.1, 0.15) is 0 Å². The summed E-state index contributed by atoms with van der Waals surface area (Å²) in [5.74, 6) is 0. The van der Waals surface area contributed by atoms with E-state index in [2.05, 4.69) is 9.97 Å². The molecule has 1 aromatic heterocycles. The molecule has 0 spiro atoms. The van der Waals surface area contributed by atoms with Crippen molar-refractivity contribution in [3.05, 3.63) is 45.8 Å². The average Bonchev–Trinajstić information content (AvgIpc) is 2.22. The maximum Gasteiger partial charge on any atom is 0.222 e. The Hall–Kier alpha value is -0.830. The Bertz CT molecular complexity index is 500. The van der Waals surface area contributed by atoms with E-state index in [0.29, 0.717) is 15.7 Å². The molecule has 0 atom stereocenters. The number of rotatable bonds is 1. The zero-order valence-electron chi connectivity index (χ0n) is 7.42. The molecule has 0 N–H and O–H groups in total. The summed E-state index contributed by atoms with van der Waals surface area (Å²) in [4.78, 5) is 7.87. The molecule has 0 saturated carbocycles. The molecule has 0 fully saturated rings. The van der Waals surface area contributed by atoms with Crippen LogP contribution in [-0.4, -0.2) is 9.97 Å². The Morgan fingerprint density at radius 2 is 1.73 bits per heavy atom. The van der Waals surface area contributed by atoms with Crippen LogP contribution in [0, 0.1) is 0 Å². The summed E-state index contributed by atoms with van der Waals surface area (Å²) in [6.45, 7) is 0. The molecule has 0 amide bonds. The molecule has 0 unspecified atom stereocenters. The van der Waals surface area contributed by atoms with E-state index in [1.54, 1.807) is 24.4 Å². The summed E-state index contributed by atoms with van der Waals surface area (Å²) in [5, 5.41) is 1.21. The molecule has 2 aromatic rings. The minimum atomic E-state index is 0.207. The van der Waals surface area contributed by atoms with Gasteiger partial charge in [-0.05, 0) is 29.8 Å². The number of halogens is 3. The van der Waals surface area contributed by atoms with Crippen molar-refractivity contribution in [3.8, 4) is 11.3 Å². The highest BCUT2D eigenvalue weighted by atomic mass is 35.5. The van der Waals surface area contributed by atoms with Crippen LogP contribution < -0.4 is 0 Å². The standard InChI is InChI=1S/C10H5Cl3N2/c11-7-2-1-6(5-8(7)12)9-3-4-14-10(13)15-9/h1-5H. The normalized spacial score (nSPS) is 10.3. The van der Waals surface area contributed by atoms with Gasteiger partial charge in [-0.15, -0.1) is 0 Å². The van der Waals surface area contributed by atoms with Gasteiger partial charge in [-0.3, -0.25) is 0 Å². The van der Waals surface area contributed by atoms with Crippen LogP contribution in [0.2, 0.25) is 15.3 Å². The molecule has 2 rings (SSSR count). The molecule has 0 aliphatic rings. The molecule has 2 nitrogen and oxygen atoms in total. The van der Waals surface area contributed by atoms with Crippen LogP contribution in [0.5, 0.6) is 0 Å². The van der Waals surface area contributed by atoms with Gasteiger partial charge in [0.05, 0.1) is 15.7 Å². The smallest absolute Gasteiger partial charge is 0.222 e. The van der Waals surface area contributed by atoms with Crippen molar-refractivity contribution in [1.82, 2.24) is 9.97 Å². The first-order valence-corrected chi connectivity index (χ1v) is 5.24. The number of aromatic nitrogens is 2. The van der Waals surface area contributed by atoms with Gasteiger partial charge >= 0.3 is 0 Å². The maximum absolute atomic E-state index is 5.90. The van der Waals surface area contributed by atoms with E-state index in [4.69, 9.17) is 34.8 Å². The molecular weight excluding hydrogens is 254 g/mol. The molecular formula is C10H5Cl3N2. The van der Waals surface area contributed by atoms with Crippen molar-refractivity contribution in [2.75, 3.05) is 0 Å². The third-order valence-corrected chi connectivity index (χ3v) is 2.76. The van der Waals surface area contributed by atoms with Gasteiger partial charge in [-0.1, -0.05) is 29.3 Å². The molecule has 15 heavy (non-hydrogen) atoms. The Labute approximate surface area is 102 Å². The van der Waals surface area contributed by atoms with Gasteiger partial charge in [0.25, 0.3) is 0 Å². The SMILES string of the molecule is Clc1nccc(-c2ccc(Cl)c(Cl)c2)n1. The van der Waals surface area contributed by atoms with Gasteiger partial charge in [0.1, 0.15) is 0 Å². The third kappa shape index (κ3) is 2.40. The van der Waals surface area contributed by atoms with Crippen LogP contribution in [0.15, 0.2) is 30.5 Å². The second kappa shape index (κ2) is 4.35. The molecule has 0 bridgehead atoms. The van der Waals surface area contributed by atoms with Gasteiger partial charge in [0, 0.05) is 11.8 Å². The fraction of sp³-hybridized carbons (Fsp3) is 0. The Morgan fingerprint density at radius 1 is 0.933 bits per heavy atom. The third-order valence-electron chi connectivity index (χ3n) is 1.84. The molecule has 0 aliphatic heterocycles. The second-order valence-corrected chi connectivity index (χ2v) is 3.99. The molecule has 1 heterocycles. The maximum atomic E-state index is 5.90. The van der Waals surface area contributed by atoms with Crippen LogP contribution >= 0.6 is 34.8 Å². The first-order chi connectivity index (χ1) is 7.16. The van der Waals surface area contributed by atoms with E-state index in [1.165, 1.54) is 0 Å². The minimum Gasteiger partial charge on any atom is -0.226 e. The lowest BCUT2D eigenvalue weighted by molar-refractivity contribution is 1.17. The summed E-state index contributed by atoms with van der Waals surface area (Å²) < 4.78 is 0. The Balaban J connectivity index is 2.50. The first kappa shape index (κ1) is 10.7. The molecule has 1 aromatic carbocycles. The van der Waals surface area contributed by atoms with Crippen molar-refractivity contribution in [2.45, 2.75) is 0 Å². The molecule has 5 heteroatoms. The predicted molar refractivity (Wildman–Crippen MR) is 62.5 cm³/mol. The summed E-state index contributed by atoms with van der Waals surface area (Å²) in [6.07, 6.45) is 1.59. The average molecular weight is 260 g/mol. The van der Waals surface area contributed by atoms with E-state index < -0.39 is 0 Å².